The second-order valence-corrected chi connectivity index (χ2v) is 6.22. The first kappa shape index (κ1) is 13.6. The van der Waals surface area contributed by atoms with Crippen molar-refractivity contribution < 1.29 is 0 Å². The van der Waals surface area contributed by atoms with Crippen LogP contribution in [-0.2, 0) is 0 Å². The topological polar surface area (TPSA) is 37.8 Å². The van der Waals surface area contributed by atoms with Crippen molar-refractivity contribution in [1.29, 1.82) is 0 Å². The normalized spacial score (nSPS) is 23.6. The number of aromatic amines is 1. The van der Waals surface area contributed by atoms with Gasteiger partial charge in [-0.05, 0) is 43.1 Å². The van der Waals surface area contributed by atoms with Crippen LogP contribution in [0.15, 0.2) is 29.1 Å². The summed E-state index contributed by atoms with van der Waals surface area (Å²) in [5.41, 5.74) is 0.892. The minimum atomic E-state index is 0.0584. The van der Waals surface area contributed by atoms with Crippen molar-refractivity contribution >= 4 is 23.1 Å². The molecular formula is C16H20N2OS. The Morgan fingerprint density at radius 3 is 2.80 bits per heavy atom. The van der Waals surface area contributed by atoms with Crippen LogP contribution in [0.3, 0.4) is 0 Å². The van der Waals surface area contributed by atoms with E-state index in [2.05, 4.69) is 11.9 Å². The molecule has 1 saturated carbocycles. The molecule has 1 aromatic carbocycles. The van der Waals surface area contributed by atoms with Crippen LogP contribution in [0.1, 0.15) is 45.1 Å². The fraction of sp³-hybridized carbons (Fsp3) is 0.500. The molecule has 2 unspecified atom stereocenters. The Morgan fingerprint density at radius 1 is 1.20 bits per heavy atom. The molecule has 1 aliphatic rings. The minimum Gasteiger partial charge on any atom is -0.332 e. The molecule has 0 amide bonds. The average molecular weight is 288 g/mol. The van der Waals surface area contributed by atoms with Crippen molar-refractivity contribution in [2.45, 2.75) is 45.1 Å². The Bertz CT molecular complexity index is 731. The van der Waals surface area contributed by atoms with E-state index in [0.717, 1.165) is 17.3 Å². The standard InChI is InChI=1S/C16H20N2OS/c1-11-7-3-2-4-10-14(11)18-15(19)12-8-5-6-9-13(12)17-16(18)20/h5-6,8-9,11,14H,2-4,7,10H2,1H3,(H,17,20). The summed E-state index contributed by atoms with van der Waals surface area (Å²) >= 11 is 5.45. The van der Waals surface area contributed by atoms with E-state index in [1.807, 2.05) is 28.8 Å². The first-order valence-electron chi connectivity index (χ1n) is 7.42. The molecule has 3 rings (SSSR count). The zero-order chi connectivity index (χ0) is 14.1. The fourth-order valence-corrected chi connectivity index (χ4v) is 3.66. The van der Waals surface area contributed by atoms with Gasteiger partial charge in [-0.25, -0.2) is 0 Å². The highest BCUT2D eigenvalue weighted by atomic mass is 32.1. The lowest BCUT2D eigenvalue weighted by Gasteiger charge is -2.24. The molecule has 1 N–H and O–H groups in total. The van der Waals surface area contributed by atoms with Crippen molar-refractivity contribution in [2.24, 2.45) is 5.92 Å². The molecule has 4 heteroatoms. The zero-order valence-electron chi connectivity index (χ0n) is 11.8. The highest BCUT2D eigenvalue weighted by molar-refractivity contribution is 7.71. The molecule has 1 aliphatic carbocycles. The summed E-state index contributed by atoms with van der Waals surface area (Å²) in [7, 11) is 0. The lowest BCUT2D eigenvalue weighted by atomic mass is 9.96. The first-order chi connectivity index (χ1) is 9.68. The van der Waals surface area contributed by atoms with Crippen LogP contribution in [-0.4, -0.2) is 9.55 Å². The third-order valence-electron chi connectivity index (χ3n) is 4.48. The van der Waals surface area contributed by atoms with Crippen LogP contribution in [0, 0.1) is 10.7 Å². The van der Waals surface area contributed by atoms with Gasteiger partial charge >= 0.3 is 0 Å². The lowest BCUT2D eigenvalue weighted by Crippen LogP contribution is -2.29. The molecule has 1 fully saturated rings. The van der Waals surface area contributed by atoms with Gasteiger partial charge in [0.1, 0.15) is 0 Å². The van der Waals surface area contributed by atoms with Gasteiger partial charge in [0.15, 0.2) is 4.77 Å². The largest absolute Gasteiger partial charge is 0.332 e. The summed E-state index contributed by atoms with van der Waals surface area (Å²) in [4.78, 5) is 16.0. The highest BCUT2D eigenvalue weighted by Crippen LogP contribution is 2.31. The van der Waals surface area contributed by atoms with Crippen LogP contribution in [0.5, 0.6) is 0 Å². The maximum atomic E-state index is 12.8. The first-order valence-corrected chi connectivity index (χ1v) is 7.83. The number of nitrogens with one attached hydrogen (secondary N) is 1. The number of H-pyrrole nitrogens is 1. The Balaban J connectivity index is 2.20. The number of para-hydroxylation sites is 1. The Morgan fingerprint density at radius 2 is 1.95 bits per heavy atom. The van der Waals surface area contributed by atoms with Gasteiger partial charge in [0, 0.05) is 6.04 Å². The van der Waals surface area contributed by atoms with E-state index >= 15 is 0 Å². The van der Waals surface area contributed by atoms with Crippen LogP contribution in [0.25, 0.3) is 10.9 Å². The summed E-state index contributed by atoms with van der Waals surface area (Å²) in [6, 6.07) is 7.85. The van der Waals surface area contributed by atoms with Crippen LogP contribution >= 0.6 is 12.2 Å². The van der Waals surface area contributed by atoms with E-state index < -0.39 is 0 Å². The number of benzene rings is 1. The van der Waals surface area contributed by atoms with Crippen molar-refractivity contribution in [2.75, 3.05) is 0 Å². The quantitative estimate of drug-likeness (QED) is 0.631. The molecule has 20 heavy (non-hydrogen) atoms. The van der Waals surface area contributed by atoms with E-state index in [1.54, 1.807) is 0 Å². The van der Waals surface area contributed by atoms with Gasteiger partial charge in [-0.3, -0.25) is 9.36 Å². The van der Waals surface area contributed by atoms with Crippen molar-refractivity contribution in [3.8, 4) is 0 Å². The highest BCUT2D eigenvalue weighted by Gasteiger charge is 2.23. The molecule has 0 radical (unpaired) electrons. The van der Waals surface area contributed by atoms with Crippen molar-refractivity contribution in [3.63, 3.8) is 0 Å². The van der Waals surface area contributed by atoms with E-state index in [1.165, 1.54) is 25.7 Å². The van der Waals surface area contributed by atoms with E-state index in [-0.39, 0.29) is 11.6 Å². The predicted molar refractivity (Wildman–Crippen MR) is 84.7 cm³/mol. The minimum absolute atomic E-state index is 0.0584. The Kier molecular flexibility index (Phi) is 3.74. The molecule has 0 saturated heterocycles. The molecule has 2 aromatic rings. The molecule has 1 heterocycles. The number of fused-ring (bicyclic) bond motifs is 1. The third kappa shape index (κ3) is 2.33. The van der Waals surface area contributed by atoms with Crippen molar-refractivity contribution in [1.82, 2.24) is 9.55 Å². The van der Waals surface area contributed by atoms with E-state index in [0.29, 0.717) is 10.7 Å². The van der Waals surface area contributed by atoms with Gasteiger partial charge in [-0.2, -0.15) is 0 Å². The van der Waals surface area contributed by atoms with Gasteiger partial charge in [0.05, 0.1) is 10.9 Å². The number of rotatable bonds is 1. The molecule has 2 atom stereocenters. The van der Waals surface area contributed by atoms with Crippen LogP contribution in [0.2, 0.25) is 0 Å². The maximum absolute atomic E-state index is 12.8. The van der Waals surface area contributed by atoms with Gasteiger partial charge in [0.2, 0.25) is 0 Å². The second-order valence-electron chi connectivity index (χ2n) is 5.83. The van der Waals surface area contributed by atoms with Gasteiger partial charge in [-0.1, -0.05) is 38.3 Å². The zero-order valence-corrected chi connectivity index (χ0v) is 12.6. The SMILES string of the molecule is CC1CCCCCC1n1c(=S)[nH]c2ccccc2c1=O. The number of hydrogen-bond donors (Lipinski definition) is 1. The van der Waals surface area contributed by atoms with Gasteiger partial charge in [0.25, 0.3) is 5.56 Å². The summed E-state index contributed by atoms with van der Waals surface area (Å²) in [6.07, 6.45) is 5.94. The van der Waals surface area contributed by atoms with Gasteiger partial charge in [-0.15, -0.1) is 0 Å². The van der Waals surface area contributed by atoms with Crippen LogP contribution < -0.4 is 5.56 Å². The average Bonchev–Trinajstić information content (AvgIpc) is 2.64. The molecule has 0 aliphatic heterocycles. The molecule has 1 aromatic heterocycles. The maximum Gasteiger partial charge on any atom is 0.262 e. The summed E-state index contributed by atoms with van der Waals surface area (Å²) < 4.78 is 2.39. The number of hydrogen-bond acceptors (Lipinski definition) is 2. The lowest BCUT2D eigenvalue weighted by molar-refractivity contribution is 0.322. The smallest absolute Gasteiger partial charge is 0.262 e. The Labute approximate surface area is 123 Å². The molecule has 3 nitrogen and oxygen atoms in total. The van der Waals surface area contributed by atoms with Gasteiger partial charge < -0.3 is 4.98 Å². The second kappa shape index (κ2) is 5.52. The number of aromatic nitrogens is 2. The Hall–Kier alpha value is -1.42. The molecule has 0 spiro atoms. The summed E-state index contributed by atoms with van der Waals surface area (Å²) in [5.74, 6) is 0.506. The van der Waals surface area contributed by atoms with E-state index in [4.69, 9.17) is 12.2 Å². The summed E-state index contributed by atoms with van der Waals surface area (Å²) in [5, 5.41) is 0.734. The van der Waals surface area contributed by atoms with Crippen LogP contribution in [0.4, 0.5) is 0 Å². The van der Waals surface area contributed by atoms with Crippen molar-refractivity contribution in [3.05, 3.63) is 39.4 Å². The predicted octanol–water partition coefficient (Wildman–Crippen LogP) is 4.20. The fourth-order valence-electron chi connectivity index (χ4n) is 3.33. The molecule has 106 valence electrons. The molecular weight excluding hydrogens is 268 g/mol. The number of nitrogens with zero attached hydrogens (tertiary/aromatic N) is 1. The van der Waals surface area contributed by atoms with E-state index in [9.17, 15) is 4.79 Å². The third-order valence-corrected chi connectivity index (χ3v) is 4.78. The monoisotopic (exact) mass is 288 g/mol. The summed E-state index contributed by atoms with van der Waals surface area (Å²) in [6.45, 7) is 2.24. The molecule has 0 bridgehead atoms.